The summed E-state index contributed by atoms with van der Waals surface area (Å²) < 4.78 is 0. The van der Waals surface area contributed by atoms with Crippen LogP contribution in [-0.2, 0) is 0 Å². The molecule has 0 amide bonds. The first-order valence-corrected chi connectivity index (χ1v) is 6.24. The van der Waals surface area contributed by atoms with Crippen LogP contribution in [0, 0.1) is 0 Å². The van der Waals surface area contributed by atoms with Crippen molar-refractivity contribution >= 4 is 28.3 Å². The van der Waals surface area contributed by atoms with Gasteiger partial charge >= 0.3 is 0 Å². The second-order valence-electron chi connectivity index (χ2n) is 3.25. The Kier molecular flexibility index (Phi) is 4.09. The van der Waals surface area contributed by atoms with Crippen molar-refractivity contribution in [1.29, 1.82) is 0 Å². The van der Waals surface area contributed by atoms with E-state index in [2.05, 4.69) is 24.3 Å². The van der Waals surface area contributed by atoms with Crippen LogP contribution >= 0.6 is 23.4 Å². The number of rotatable bonds is 3. The predicted octanol–water partition coefficient (Wildman–Crippen LogP) is 5.02. The number of hydrogen-bond donors (Lipinski definition) is 0. The molecule has 2 aromatic rings. The van der Waals surface area contributed by atoms with Gasteiger partial charge in [-0.15, -0.1) is 0 Å². The van der Waals surface area contributed by atoms with Gasteiger partial charge in [0.2, 0.25) is 0 Å². The van der Waals surface area contributed by atoms with Crippen molar-refractivity contribution in [2.45, 2.75) is 4.90 Å². The summed E-state index contributed by atoms with van der Waals surface area (Å²) in [5, 5.41) is 0. The van der Waals surface area contributed by atoms with Crippen molar-refractivity contribution in [3.8, 4) is 0 Å². The van der Waals surface area contributed by atoms with E-state index >= 15 is 0 Å². The van der Waals surface area contributed by atoms with Gasteiger partial charge in [-0.2, -0.15) is 0 Å². The van der Waals surface area contributed by atoms with Gasteiger partial charge in [-0.3, -0.25) is 0 Å². The number of hydrogen-bond acceptors (Lipinski definition) is 1. The average Bonchev–Trinajstić information content (AvgIpc) is 2.38. The van der Waals surface area contributed by atoms with Gasteiger partial charge in [-0.1, -0.05) is 71.9 Å². The van der Waals surface area contributed by atoms with Crippen molar-refractivity contribution in [2.75, 3.05) is 0 Å². The molecule has 0 aliphatic rings. The van der Waals surface area contributed by atoms with E-state index in [1.165, 1.54) is 4.90 Å². The van der Waals surface area contributed by atoms with Crippen LogP contribution in [0.1, 0.15) is 5.56 Å². The first kappa shape index (κ1) is 11.3. The van der Waals surface area contributed by atoms with Gasteiger partial charge in [0.1, 0.15) is 0 Å². The molecule has 80 valence electrons. The Morgan fingerprint density at radius 2 is 1.44 bits per heavy atom. The Labute approximate surface area is 105 Å². The highest BCUT2D eigenvalue weighted by atomic mass is 35.5. The molecule has 0 nitrogen and oxygen atoms in total. The average molecular weight is 247 g/mol. The molecule has 0 heterocycles. The highest BCUT2D eigenvalue weighted by molar-refractivity contribution is 8.08. The molecule has 2 heteroatoms. The molecule has 0 radical (unpaired) electrons. The monoisotopic (exact) mass is 246 g/mol. The van der Waals surface area contributed by atoms with Crippen molar-refractivity contribution in [1.82, 2.24) is 0 Å². The van der Waals surface area contributed by atoms with Gasteiger partial charge < -0.3 is 0 Å². The molecule has 0 N–H and O–H groups in total. The number of benzene rings is 2. The molecule has 2 aromatic carbocycles. The zero-order chi connectivity index (χ0) is 11.2. The van der Waals surface area contributed by atoms with Gasteiger partial charge in [0, 0.05) is 15.3 Å². The SMILES string of the molecule is ClC=C(Sc1ccccc1)c1ccccc1. The first-order valence-electron chi connectivity index (χ1n) is 4.99. The summed E-state index contributed by atoms with van der Waals surface area (Å²) in [5.74, 6) is 0. The van der Waals surface area contributed by atoms with E-state index in [1.54, 1.807) is 17.3 Å². The topological polar surface area (TPSA) is 0 Å². The quantitative estimate of drug-likeness (QED) is 0.686. The Hall–Kier alpha value is -1.18. The molecule has 0 fully saturated rings. The fourth-order valence-corrected chi connectivity index (χ4v) is 2.47. The van der Waals surface area contributed by atoms with E-state index in [-0.39, 0.29) is 0 Å². The summed E-state index contributed by atoms with van der Waals surface area (Å²) in [6.07, 6.45) is 0. The number of halogens is 1. The largest absolute Gasteiger partial charge is 0.0917 e. The van der Waals surface area contributed by atoms with E-state index in [4.69, 9.17) is 11.6 Å². The third-order valence-corrected chi connectivity index (χ3v) is 3.56. The van der Waals surface area contributed by atoms with Crippen molar-refractivity contribution in [3.63, 3.8) is 0 Å². The third kappa shape index (κ3) is 2.91. The molecule has 0 saturated carbocycles. The lowest BCUT2D eigenvalue weighted by Crippen LogP contribution is -1.78. The van der Waals surface area contributed by atoms with Crippen LogP contribution < -0.4 is 0 Å². The predicted molar refractivity (Wildman–Crippen MR) is 72.6 cm³/mol. The van der Waals surface area contributed by atoms with Crippen LogP contribution in [0.25, 0.3) is 4.91 Å². The lowest BCUT2D eigenvalue weighted by molar-refractivity contribution is 1.47. The summed E-state index contributed by atoms with van der Waals surface area (Å²) in [5.41, 5.74) is 2.78. The van der Waals surface area contributed by atoms with Crippen LogP contribution in [0.4, 0.5) is 0 Å². The van der Waals surface area contributed by atoms with Gasteiger partial charge in [-0.05, 0) is 17.7 Å². The van der Waals surface area contributed by atoms with E-state index in [0.29, 0.717) is 0 Å². The zero-order valence-electron chi connectivity index (χ0n) is 8.64. The smallest absolute Gasteiger partial charge is 0.0307 e. The maximum absolute atomic E-state index is 5.87. The van der Waals surface area contributed by atoms with Crippen LogP contribution in [0.5, 0.6) is 0 Å². The Morgan fingerprint density at radius 3 is 2.00 bits per heavy atom. The van der Waals surface area contributed by atoms with Crippen LogP contribution in [-0.4, -0.2) is 0 Å². The molecule has 0 unspecified atom stereocenters. The molecule has 0 saturated heterocycles. The molecule has 0 aliphatic carbocycles. The summed E-state index contributed by atoms with van der Waals surface area (Å²) in [4.78, 5) is 2.26. The number of thioether (sulfide) groups is 1. The second-order valence-corrected chi connectivity index (χ2v) is 4.59. The van der Waals surface area contributed by atoms with E-state index in [9.17, 15) is 0 Å². The molecule has 16 heavy (non-hydrogen) atoms. The summed E-state index contributed by atoms with van der Waals surface area (Å²) in [6, 6.07) is 20.4. The Bertz CT molecular complexity index is 463. The maximum atomic E-state index is 5.87. The molecular weight excluding hydrogens is 236 g/mol. The summed E-state index contributed by atoms with van der Waals surface area (Å²) in [6.45, 7) is 0. The molecular formula is C14H11ClS. The van der Waals surface area contributed by atoms with Crippen molar-refractivity contribution in [3.05, 3.63) is 71.8 Å². The molecule has 0 aromatic heterocycles. The lowest BCUT2D eigenvalue weighted by atomic mass is 10.2. The molecule has 2 rings (SSSR count). The fourth-order valence-electron chi connectivity index (χ4n) is 1.36. The minimum atomic E-state index is 1.06. The minimum absolute atomic E-state index is 1.06. The first-order chi connectivity index (χ1) is 7.90. The fraction of sp³-hybridized carbons (Fsp3) is 0. The van der Waals surface area contributed by atoms with E-state index in [1.807, 2.05) is 36.4 Å². The Balaban J connectivity index is 2.20. The van der Waals surface area contributed by atoms with Crippen LogP contribution in [0.15, 0.2) is 71.1 Å². The minimum Gasteiger partial charge on any atom is -0.0917 e. The lowest BCUT2D eigenvalue weighted by Gasteiger charge is -2.05. The Morgan fingerprint density at radius 1 is 0.875 bits per heavy atom. The molecule has 0 atom stereocenters. The highest BCUT2D eigenvalue weighted by Gasteiger charge is 2.02. The summed E-state index contributed by atoms with van der Waals surface area (Å²) >= 11 is 7.54. The zero-order valence-corrected chi connectivity index (χ0v) is 10.2. The standard InChI is InChI=1S/C14H11ClS/c15-11-14(12-7-3-1-4-8-12)16-13-9-5-2-6-10-13/h1-11H. The highest BCUT2D eigenvalue weighted by Crippen LogP contribution is 2.34. The van der Waals surface area contributed by atoms with Crippen LogP contribution in [0.2, 0.25) is 0 Å². The van der Waals surface area contributed by atoms with Gasteiger partial charge in [0.05, 0.1) is 0 Å². The van der Waals surface area contributed by atoms with E-state index in [0.717, 1.165) is 10.5 Å². The van der Waals surface area contributed by atoms with Gasteiger partial charge in [0.25, 0.3) is 0 Å². The van der Waals surface area contributed by atoms with Gasteiger partial charge in [-0.25, -0.2) is 0 Å². The molecule has 0 bridgehead atoms. The van der Waals surface area contributed by atoms with E-state index < -0.39 is 0 Å². The molecule has 0 aliphatic heterocycles. The molecule has 0 spiro atoms. The third-order valence-electron chi connectivity index (χ3n) is 2.13. The van der Waals surface area contributed by atoms with Crippen molar-refractivity contribution < 1.29 is 0 Å². The second kappa shape index (κ2) is 5.78. The summed E-state index contributed by atoms with van der Waals surface area (Å²) in [7, 11) is 0. The maximum Gasteiger partial charge on any atom is 0.0307 e. The van der Waals surface area contributed by atoms with Gasteiger partial charge in [0.15, 0.2) is 0 Å². The van der Waals surface area contributed by atoms with Crippen molar-refractivity contribution in [2.24, 2.45) is 0 Å². The normalized spacial score (nSPS) is 11.4. The van der Waals surface area contributed by atoms with Crippen LogP contribution in [0.3, 0.4) is 0 Å².